The van der Waals surface area contributed by atoms with Crippen LogP contribution < -0.4 is 4.90 Å². The first-order chi connectivity index (χ1) is 10.2. The smallest absolute Gasteiger partial charge is 0.269 e. The van der Waals surface area contributed by atoms with Crippen molar-refractivity contribution in [1.29, 1.82) is 0 Å². The molecule has 0 saturated carbocycles. The van der Waals surface area contributed by atoms with Gasteiger partial charge in [0, 0.05) is 49.6 Å². The molecule has 7 nitrogen and oxygen atoms in total. The predicted octanol–water partition coefficient (Wildman–Crippen LogP) is 0.608. The number of nitro benzene ring substituents is 1. The van der Waals surface area contributed by atoms with Crippen molar-refractivity contribution in [1.82, 2.24) is 4.90 Å². The molecule has 2 heterocycles. The maximum absolute atomic E-state index is 10.8. The molecule has 1 N–H and O–H groups in total. The van der Waals surface area contributed by atoms with Gasteiger partial charge in [-0.1, -0.05) is 0 Å². The normalized spacial score (nSPS) is 22.9. The molecule has 3 rings (SSSR count). The minimum Gasteiger partial charge on any atom is -0.392 e. The standard InChI is InChI=1S/C14H19N3O4/c18-9-11-7-12(17(19)20)1-2-14(11)16-4-3-15-5-6-21-10-13(15)8-16/h1-2,7,13,18H,3-6,8-10H2. The Labute approximate surface area is 122 Å². The molecule has 7 heteroatoms. The van der Waals surface area contributed by atoms with Crippen LogP contribution in [0.2, 0.25) is 0 Å². The molecule has 1 aromatic rings. The van der Waals surface area contributed by atoms with Crippen molar-refractivity contribution in [3.05, 3.63) is 33.9 Å². The van der Waals surface area contributed by atoms with Crippen molar-refractivity contribution in [3.8, 4) is 0 Å². The van der Waals surface area contributed by atoms with E-state index in [-0.39, 0.29) is 12.3 Å². The summed E-state index contributed by atoms with van der Waals surface area (Å²) in [4.78, 5) is 15.0. The van der Waals surface area contributed by atoms with Crippen LogP contribution in [0.3, 0.4) is 0 Å². The van der Waals surface area contributed by atoms with E-state index in [1.54, 1.807) is 6.07 Å². The number of rotatable bonds is 3. The number of nitro groups is 1. The van der Waals surface area contributed by atoms with E-state index in [4.69, 9.17) is 4.74 Å². The van der Waals surface area contributed by atoms with Crippen LogP contribution in [0.1, 0.15) is 5.56 Å². The summed E-state index contributed by atoms with van der Waals surface area (Å²) >= 11 is 0. The van der Waals surface area contributed by atoms with Crippen LogP contribution in [0, 0.1) is 10.1 Å². The fourth-order valence-corrected chi connectivity index (χ4v) is 3.09. The van der Waals surface area contributed by atoms with Gasteiger partial charge in [0.15, 0.2) is 0 Å². The second-order valence-corrected chi connectivity index (χ2v) is 5.44. The van der Waals surface area contributed by atoms with Crippen LogP contribution in [-0.2, 0) is 11.3 Å². The molecule has 1 aromatic carbocycles. The van der Waals surface area contributed by atoms with Gasteiger partial charge in [-0.05, 0) is 6.07 Å². The molecule has 0 radical (unpaired) electrons. The maximum atomic E-state index is 10.8. The van der Waals surface area contributed by atoms with Gasteiger partial charge in [-0.25, -0.2) is 0 Å². The summed E-state index contributed by atoms with van der Waals surface area (Å²) in [6.07, 6.45) is 0. The first kappa shape index (κ1) is 14.2. The van der Waals surface area contributed by atoms with Gasteiger partial charge in [0.25, 0.3) is 5.69 Å². The highest BCUT2D eigenvalue weighted by atomic mass is 16.6. The average Bonchev–Trinajstić information content (AvgIpc) is 2.53. The molecule has 0 aliphatic carbocycles. The third-order valence-corrected chi connectivity index (χ3v) is 4.22. The summed E-state index contributed by atoms with van der Waals surface area (Å²) < 4.78 is 5.52. The van der Waals surface area contributed by atoms with E-state index >= 15 is 0 Å². The first-order valence-corrected chi connectivity index (χ1v) is 7.14. The van der Waals surface area contributed by atoms with E-state index in [0.717, 1.165) is 45.1 Å². The van der Waals surface area contributed by atoms with Crippen LogP contribution in [0.15, 0.2) is 18.2 Å². The highest BCUT2D eigenvalue weighted by Crippen LogP contribution is 2.28. The Morgan fingerprint density at radius 3 is 3.00 bits per heavy atom. The number of hydrogen-bond acceptors (Lipinski definition) is 6. The summed E-state index contributed by atoms with van der Waals surface area (Å²) in [5, 5.41) is 20.3. The second-order valence-electron chi connectivity index (χ2n) is 5.44. The van der Waals surface area contributed by atoms with Crippen molar-refractivity contribution < 1.29 is 14.8 Å². The van der Waals surface area contributed by atoms with Crippen molar-refractivity contribution in [2.24, 2.45) is 0 Å². The highest BCUT2D eigenvalue weighted by molar-refractivity contribution is 5.58. The largest absolute Gasteiger partial charge is 0.392 e. The summed E-state index contributed by atoms with van der Waals surface area (Å²) in [5.74, 6) is 0. The van der Waals surface area contributed by atoms with Gasteiger partial charge in [-0.15, -0.1) is 0 Å². The second kappa shape index (κ2) is 5.97. The van der Waals surface area contributed by atoms with Gasteiger partial charge in [0.05, 0.1) is 30.8 Å². The Morgan fingerprint density at radius 1 is 1.38 bits per heavy atom. The zero-order valence-electron chi connectivity index (χ0n) is 11.8. The lowest BCUT2D eigenvalue weighted by molar-refractivity contribution is -0.384. The Morgan fingerprint density at radius 2 is 2.24 bits per heavy atom. The molecular formula is C14H19N3O4. The number of aliphatic hydroxyl groups is 1. The first-order valence-electron chi connectivity index (χ1n) is 7.14. The zero-order valence-corrected chi connectivity index (χ0v) is 11.8. The molecule has 0 amide bonds. The molecule has 0 aromatic heterocycles. The van der Waals surface area contributed by atoms with Crippen LogP contribution in [0.5, 0.6) is 0 Å². The Bertz CT molecular complexity index is 537. The third kappa shape index (κ3) is 2.85. The van der Waals surface area contributed by atoms with Gasteiger partial charge in [0.2, 0.25) is 0 Å². The lowest BCUT2D eigenvalue weighted by Crippen LogP contribution is -2.58. The van der Waals surface area contributed by atoms with Gasteiger partial charge < -0.3 is 14.7 Å². The lowest BCUT2D eigenvalue weighted by Gasteiger charge is -2.44. The number of piperazine rings is 1. The van der Waals surface area contributed by atoms with E-state index < -0.39 is 4.92 Å². The van der Waals surface area contributed by atoms with Crippen LogP contribution >= 0.6 is 0 Å². The molecule has 0 spiro atoms. The van der Waals surface area contributed by atoms with Gasteiger partial charge in [0.1, 0.15) is 0 Å². The highest BCUT2D eigenvalue weighted by Gasteiger charge is 2.30. The number of anilines is 1. The molecule has 2 aliphatic heterocycles. The number of hydrogen-bond donors (Lipinski definition) is 1. The average molecular weight is 293 g/mol. The van der Waals surface area contributed by atoms with Crippen LogP contribution in [0.25, 0.3) is 0 Å². The monoisotopic (exact) mass is 293 g/mol. The van der Waals surface area contributed by atoms with Gasteiger partial charge in [-0.2, -0.15) is 0 Å². The molecule has 0 bridgehead atoms. The third-order valence-electron chi connectivity index (χ3n) is 4.22. The van der Waals surface area contributed by atoms with E-state index in [1.165, 1.54) is 12.1 Å². The number of aliphatic hydroxyl groups excluding tert-OH is 1. The van der Waals surface area contributed by atoms with E-state index in [2.05, 4.69) is 9.80 Å². The number of nitrogens with zero attached hydrogens (tertiary/aromatic N) is 3. The van der Waals surface area contributed by atoms with Crippen LogP contribution in [0.4, 0.5) is 11.4 Å². The molecule has 1 atom stereocenters. The lowest BCUT2D eigenvalue weighted by atomic mass is 10.1. The van der Waals surface area contributed by atoms with Gasteiger partial charge >= 0.3 is 0 Å². The van der Waals surface area contributed by atoms with Crippen molar-refractivity contribution in [2.75, 3.05) is 44.3 Å². The molecule has 1 unspecified atom stereocenters. The molecule has 2 saturated heterocycles. The van der Waals surface area contributed by atoms with Crippen molar-refractivity contribution in [2.45, 2.75) is 12.6 Å². The summed E-state index contributed by atoms with van der Waals surface area (Å²) in [6.45, 7) is 4.92. The van der Waals surface area contributed by atoms with Crippen molar-refractivity contribution >= 4 is 11.4 Å². The summed E-state index contributed by atoms with van der Waals surface area (Å²) in [5.41, 5.74) is 1.50. The molecular weight excluding hydrogens is 274 g/mol. The number of fused-ring (bicyclic) bond motifs is 1. The predicted molar refractivity (Wildman–Crippen MR) is 77.4 cm³/mol. The van der Waals surface area contributed by atoms with E-state index in [9.17, 15) is 15.2 Å². The fourth-order valence-electron chi connectivity index (χ4n) is 3.09. The quantitative estimate of drug-likeness (QED) is 0.650. The van der Waals surface area contributed by atoms with Crippen molar-refractivity contribution in [3.63, 3.8) is 0 Å². The molecule has 21 heavy (non-hydrogen) atoms. The minimum absolute atomic E-state index is 0.0161. The van der Waals surface area contributed by atoms with E-state index in [0.29, 0.717) is 11.6 Å². The Hall–Kier alpha value is -1.70. The number of ether oxygens (including phenoxy) is 1. The molecule has 2 aliphatic rings. The number of benzene rings is 1. The van der Waals surface area contributed by atoms with Gasteiger partial charge in [-0.3, -0.25) is 15.0 Å². The Balaban J connectivity index is 1.81. The number of morpholine rings is 1. The summed E-state index contributed by atoms with van der Waals surface area (Å²) in [6, 6.07) is 5.05. The zero-order chi connectivity index (χ0) is 14.8. The summed E-state index contributed by atoms with van der Waals surface area (Å²) in [7, 11) is 0. The van der Waals surface area contributed by atoms with E-state index in [1.807, 2.05) is 0 Å². The molecule has 114 valence electrons. The van der Waals surface area contributed by atoms with Crippen LogP contribution in [-0.4, -0.2) is 60.4 Å². The topological polar surface area (TPSA) is 79.1 Å². The minimum atomic E-state index is -0.435. The maximum Gasteiger partial charge on any atom is 0.269 e. The molecule has 2 fully saturated rings. The fraction of sp³-hybridized carbons (Fsp3) is 0.571. The Kier molecular flexibility index (Phi) is 4.05. The number of non-ortho nitro benzene ring substituents is 1. The SMILES string of the molecule is O=[N+]([O-])c1ccc(N2CCN3CCOCC3C2)c(CO)c1.